The molecule has 2 aromatic heterocycles. The fourth-order valence-corrected chi connectivity index (χ4v) is 6.17. The zero-order valence-corrected chi connectivity index (χ0v) is 15.0. The monoisotopic (exact) mass is 358 g/mol. The highest BCUT2D eigenvalue weighted by Crippen LogP contribution is 2.64. The van der Waals surface area contributed by atoms with Crippen molar-refractivity contribution in [3.05, 3.63) is 53.5 Å². The highest BCUT2D eigenvalue weighted by Gasteiger charge is 2.54. The highest BCUT2D eigenvalue weighted by molar-refractivity contribution is 5.91. The van der Waals surface area contributed by atoms with Gasteiger partial charge in [-0.25, -0.2) is 9.50 Å². The SMILES string of the molecule is N=Cc1c(N)ccc2c1C1C3CCC(C3)C1C(c1ccnc3ccnn13)N2. The summed E-state index contributed by atoms with van der Waals surface area (Å²) in [5.74, 6) is 2.37. The van der Waals surface area contributed by atoms with Crippen molar-refractivity contribution in [2.45, 2.75) is 31.2 Å². The van der Waals surface area contributed by atoms with Crippen LogP contribution in [0.5, 0.6) is 0 Å². The van der Waals surface area contributed by atoms with E-state index >= 15 is 0 Å². The van der Waals surface area contributed by atoms with Crippen LogP contribution < -0.4 is 11.1 Å². The summed E-state index contributed by atoms with van der Waals surface area (Å²) in [5, 5.41) is 16.3. The second-order valence-electron chi connectivity index (χ2n) is 8.20. The first-order valence-electron chi connectivity index (χ1n) is 9.74. The molecule has 3 aromatic rings. The maximum absolute atomic E-state index is 7.96. The van der Waals surface area contributed by atoms with Gasteiger partial charge in [0.2, 0.25) is 0 Å². The molecule has 2 fully saturated rings. The first kappa shape index (κ1) is 15.2. The largest absolute Gasteiger partial charge is 0.398 e. The number of benzene rings is 1. The van der Waals surface area contributed by atoms with Crippen molar-refractivity contribution < 1.29 is 0 Å². The van der Waals surface area contributed by atoms with Crippen LogP contribution in [-0.4, -0.2) is 20.8 Å². The first-order valence-corrected chi connectivity index (χ1v) is 9.74. The number of nitrogen functional groups attached to an aromatic ring is 1. The molecule has 6 nitrogen and oxygen atoms in total. The summed E-state index contributed by atoms with van der Waals surface area (Å²) in [6.45, 7) is 0. The molecule has 2 saturated carbocycles. The maximum Gasteiger partial charge on any atom is 0.155 e. The summed E-state index contributed by atoms with van der Waals surface area (Å²) in [6.07, 6.45) is 9.02. The third-order valence-corrected chi connectivity index (χ3v) is 7.11. The Kier molecular flexibility index (Phi) is 2.99. The van der Waals surface area contributed by atoms with E-state index in [4.69, 9.17) is 11.1 Å². The van der Waals surface area contributed by atoms with E-state index < -0.39 is 0 Å². The van der Waals surface area contributed by atoms with Crippen LogP contribution in [0.4, 0.5) is 11.4 Å². The van der Waals surface area contributed by atoms with Crippen LogP contribution in [0, 0.1) is 23.2 Å². The lowest BCUT2D eigenvalue weighted by molar-refractivity contribution is 0.243. The van der Waals surface area contributed by atoms with Crippen LogP contribution in [0.3, 0.4) is 0 Å². The Morgan fingerprint density at radius 2 is 2.04 bits per heavy atom. The molecule has 5 unspecified atom stereocenters. The molecule has 1 aromatic carbocycles. The van der Waals surface area contributed by atoms with Gasteiger partial charge in [-0.05, 0) is 66.7 Å². The predicted octanol–water partition coefficient (Wildman–Crippen LogP) is 3.61. The minimum atomic E-state index is 0.199. The quantitative estimate of drug-likeness (QED) is 0.482. The molecule has 3 aliphatic rings. The zero-order chi connectivity index (χ0) is 18.1. The van der Waals surface area contributed by atoms with E-state index in [0.717, 1.165) is 16.9 Å². The molecule has 0 amide bonds. The molecule has 6 heteroatoms. The van der Waals surface area contributed by atoms with E-state index in [0.29, 0.717) is 29.4 Å². The van der Waals surface area contributed by atoms with Crippen molar-refractivity contribution in [1.82, 2.24) is 14.6 Å². The molecule has 0 radical (unpaired) electrons. The van der Waals surface area contributed by atoms with Crippen LogP contribution in [0.2, 0.25) is 0 Å². The number of anilines is 2. The van der Waals surface area contributed by atoms with E-state index in [2.05, 4.69) is 27.5 Å². The van der Waals surface area contributed by atoms with Gasteiger partial charge in [-0.3, -0.25) is 0 Å². The number of hydrogen-bond donors (Lipinski definition) is 3. The number of nitrogens with one attached hydrogen (secondary N) is 2. The number of nitrogens with two attached hydrogens (primary N) is 1. The van der Waals surface area contributed by atoms with Crippen molar-refractivity contribution in [2.75, 3.05) is 11.1 Å². The molecule has 4 N–H and O–H groups in total. The smallest absolute Gasteiger partial charge is 0.155 e. The van der Waals surface area contributed by atoms with Crippen LogP contribution in [0.15, 0.2) is 36.7 Å². The Hall–Kier alpha value is -2.89. The van der Waals surface area contributed by atoms with Gasteiger partial charge in [-0.1, -0.05) is 0 Å². The third-order valence-electron chi connectivity index (χ3n) is 7.11. The van der Waals surface area contributed by atoms with Gasteiger partial charge in [0.05, 0.1) is 17.9 Å². The van der Waals surface area contributed by atoms with Crippen LogP contribution >= 0.6 is 0 Å². The lowest BCUT2D eigenvalue weighted by Crippen LogP contribution is -2.37. The highest BCUT2D eigenvalue weighted by atomic mass is 15.3. The van der Waals surface area contributed by atoms with Crippen molar-refractivity contribution in [2.24, 2.45) is 17.8 Å². The minimum absolute atomic E-state index is 0.199. The summed E-state index contributed by atoms with van der Waals surface area (Å²) in [4.78, 5) is 4.44. The van der Waals surface area contributed by atoms with Gasteiger partial charge in [0, 0.05) is 35.4 Å². The minimum Gasteiger partial charge on any atom is -0.398 e. The summed E-state index contributed by atoms with van der Waals surface area (Å²) < 4.78 is 1.97. The zero-order valence-electron chi connectivity index (χ0n) is 15.0. The Bertz CT molecular complexity index is 1070. The molecule has 5 atom stereocenters. The van der Waals surface area contributed by atoms with Gasteiger partial charge in [0.25, 0.3) is 0 Å². The van der Waals surface area contributed by atoms with E-state index in [1.165, 1.54) is 36.7 Å². The van der Waals surface area contributed by atoms with E-state index in [1.54, 1.807) is 0 Å². The molecule has 27 heavy (non-hydrogen) atoms. The van der Waals surface area contributed by atoms with Crippen molar-refractivity contribution in [1.29, 1.82) is 5.41 Å². The molecule has 0 saturated heterocycles. The Labute approximate surface area is 157 Å². The first-order chi connectivity index (χ1) is 13.3. The van der Waals surface area contributed by atoms with Gasteiger partial charge in [0.1, 0.15) is 0 Å². The molecular formula is C21H22N6. The van der Waals surface area contributed by atoms with E-state index in [1.807, 2.05) is 29.0 Å². The molecule has 3 heterocycles. The fourth-order valence-electron chi connectivity index (χ4n) is 6.17. The summed E-state index contributed by atoms with van der Waals surface area (Å²) >= 11 is 0. The summed E-state index contributed by atoms with van der Waals surface area (Å²) in [6, 6.07) is 8.26. The predicted molar refractivity (Wildman–Crippen MR) is 105 cm³/mol. The van der Waals surface area contributed by atoms with E-state index in [-0.39, 0.29) is 6.04 Å². The number of fused-ring (bicyclic) bond motifs is 8. The Balaban J connectivity index is 1.58. The van der Waals surface area contributed by atoms with Gasteiger partial charge < -0.3 is 16.5 Å². The molecular weight excluding hydrogens is 336 g/mol. The maximum atomic E-state index is 7.96. The van der Waals surface area contributed by atoms with Gasteiger partial charge in [-0.2, -0.15) is 5.10 Å². The summed E-state index contributed by atoms with van der Waals surface area (Å²) in [5.41, 5.74) is 12.3. The normalized spacial score (nSPS) is 30.7. The topological polar surface area (TPSA) is 92.1 Å². The molecule has 2 bridgehead atoms. The molecule has 1 aliphatic heterocycles. The van der Waals surface area contributed by atoms with Gasteiger partial charge >= 0.3 is 0 Å². The average Bonchev–Trinajstić information content (AvgIpc) is 3.43. The standard InChI is InChI=1S/C21H22N6/c22-10-13-14(23)3-4-15-20(13)18-11-1-2-12(9-11)19(18)21(26-15)16-5-7-24-17-6-8-25-27(16)17/h3-8,10-12,18-19,21-22,26H,1-2,9,23H2. The molecule has 0 spiro atoms. The fraction of sp³-hybridized carbons (Fsp3) is 0.381. The van der Waals surface area contributed by atoms with Crippen molar-refractivity contribution in [3.63, 3.8) is 0 Å². The second kappa shape index (κ2) is 5.31. The third kappa shape index (κ3) is 1.93. The Morgan fingerprint density at radius 3 is 2.93 bits per heavy atom. The molecule has 136 valence electrons. The number of hydrogen-bond acceptors (Lipinski definition) is 5. The van der Waals surface area contributed by atoms with Crippen LogP contribution in [0.1, 0.15) is 48.0 Å². The van der Waals surface area contributed by atoms with Crippen molar-refractivity contribution >= 4 is 23.2 Å². The van der Waals surface area contributed by atoms with Gasteiger partial charge in [0.15, 0.2) is 5.65 Å². The van der Waals surface area contributed by atoms with Crippen LogP contribution in [0.25, 0.3) is 5.65 Å². The van der Waals surface area contributed by atoms with Crippen molar-refractivity contribution in [3.8, 4) is 0 Å². The lowest BCUT2D eigenvalue weighted by atomic mass is 9.67. The second-order valence-corrected chi connectivity index (χ2v) is 8.20. The molecule has 2 aliphatic carbocycles. The summed E-state index contributed by atoms with van der Waals surface area (Å²) in [7, 11) is 0. The molecule has 6 rings (SSSR count). The van der Waals surface area contributed by atoms with Gasteiger partial charge in [-0.15, -0.1) is 0 Å². The average molecular weight is 358 g/mol. The Morgan fingerprint density at radius 1 is 1.15 bits per heavy atom. The lowest BCUT2D eigenvalue weighted by Gasteiger charge is -2.44. The van der Waals surface area contributed by atoms with Crippen LogP contribution in [-0.2, 0) is 0 Å². The number of rotatable bonds is 2. The number of nitrogens with zero attached hydrogens (tertiary/aromatic N) is 3. The number of aromatic nitrogens is 3. The van der Waals surface area contributed by atoms with E-state index in [9.17, 15) is 0 Å².